The summed E-state index contributed by atoms with van der Waals surface area (Å²) in [6, 6.07) is 36.2. The Balaban J connectivity index is 1.40. The van der Waals surface area contributed by atoms with E-state index in [9.17, 15) is 14.9 Å². The minimum Gasteiger partial charge on any atom is -0.490 e. The summed E-state index contributed by atoms with van der Waals surface area (Å²) in [5.74, 6) is 0.464. The predicted octanol–water partition coefficient (Wildman–Crippen LogP) is 8.60. The van der Waals surface area contributed by atoms with Crippen LogP contribution in [0.5, 0.6) is 11.5 Å². The molecule has 7 rings (SSSR count). The van der Waals surface area contributed by atoms with Crippen molar-refractivity contribution in [3.8, 4) is 22.6 Å². The number of ether oxygens (including phenoxy) is 2. The molecule has 7 heteroatoms. The van der Waals surface area contributed by atoms with E-state index in [0.29, 0.717) is 40.1 Å². The normalized spacial score (nSPS) is 17.2. The molecular formula is C39H32N2O5. The molecule has 46 heavy (non-hydrogen) atoms. The summed E-state index contributed by atoms with van der Waals surface area (Å²) in [5, 5.41) is 12.3. The average molecular weight is 609 g/mol. The highest BCUT2D eigenvalue weighted by molar-refractivity contribution is 6.09. The molecule has 7 nitrogen and oxygen atoms in total. The van der Waals surface area contributed by atoms with Crippen LogP contribution in [0, 0.1) is 10.1 Å². The molecule has 1 spiro atoms. The number of anilines is 1. The van der Waals surface area contributed by atoms with Crippen molar-refractivity contribution in [2.75, 3.05) is 12.0 Å². The second kappa shape index (κ2) is 11.0. The summed E-state index contributed by atoms with van der Waals surface area (Å²) in [4.78, 5) is 27.3. The lowest BCUT2D eigenvalue weighted by molar-refractivity contribution is -0.385. The summed E-state index contributed by atoms with van der Waals surface area (Å²) in [7, 11) is 1.43. The zero-order chi connectivity index (χ0) is 32.1. The number of hydrogen-bond acceptors (Lipinski definition) is 6. The second-order valence-electron chi connectivity index (χ2n) is 12.1. The van der Waals surface area contributed by atoms with E-state index in [1.54, 1.807) is 36.4 Å². The van der Waals surface area contributed by atoms with Gasteiger partial charge in [-0.2, -0.15) is 0 Å². The molecule has 0 fully saturated rings. The lowest BCUT2D eigenvalue weighted by atomic mass is 9.76. The van der Waals surface area contributed by atoms with Gasteiger partial charge in [-0.25, -0.2) is 0 Å². The number of rotatable bonds is 7. The molecule has 228 valence electrons. The van der Waals surface area contributed by atoms with Gasteiger partial charge in [-0.3, -0.25) is 14.9 Å². The Morgan fingerprint density at radius 2 is 1.50 bits per heavy atom. The van der Waals surface area contributed by atoms with E-state index in [1.807, 2.05) is 60.7 Å². The summed E-state index contributed by atoms with van der Waals surface area (Å²) < 4.78 is 13.0. The van der Waals surface area contributed by atoms with Crippen molar-refractivity contribution >= 4 is 23.2 Å². The summed E-state index contributed by atoms with van der Waals surface area (Å²) >= 11 is 0. The average Bonchev–Trinajstić information content (AvgIpc) is 3.26. The molecule has 0 bridgehead atoms. The summed E-state index contributed by atoms with van der Waals surface area (Å²) in [6.07, 6.45) is 3.95. The molecular weight excluding hydrogens is 576 g/mol. The van der Waals surface area contributed by atoms with Crippen LogP contribution in [0.4, 0.5) is 11.4 Å². The SMILES string of the molecule is COc1c([N+](=O)[O-])cc2c(c1-c1ccc(C(=O)c3ccccc3)cc1)OC1(C=C2)N(Cc2ccccc2)c2ccccc2C1(C)C. The van der Waals surface area contributed by atoms with Crippen LogP contribution in [0.1, 0.15) is 46.5 Å². The van der Waals surface area contributed by atoms with Crippen LogP contribution in [0.15, 0.2) is 121 Å². The maximum absolute atomic E-state index is 13.2. The van der Waals surface area contributed by atoms with Crippen LogP contribution in [0.25, 0.3) is 17.2 Å². The number of nitro groups is 1. The van der Waals surface area contributed by atoms with Crippen molar-refractivity contribution in [3.05, 3.63) is 159 Å². The van der Waals surface area contributed by atoms with Crippen LogP contribution in [0.2, 0.25) is 0 Å². The molecule has 5 aromatic rings. The maximum atomic E-state index is 13.2. The van der Waals surface area contributed by atoms with Gasteiger partial charge in [0.25, 0.3) is 0 Å². The smallest absolute Gasteiger partial charge is 0.312 e. The number of ketones is 1. The number of carbonyl (C=O) groups excluding carboxylic acids is 1. The predicted molar refractivity (Wildman–Crippen MR) is 179 cm³/mol. The van der Waals surface area contributed by atoms with E-state index in [0.717, 1.165) is 16.8 Å². The quantitative estimate of drug-likeness (QED) is 0.105. The molecule has 0 N–H and O–H groups in total. The molecule has 0 amide bonds. The van der Waals surface area contributed by atoms with E-state index in [2.05, 4.69) is 43.0 Å². The number of fused-ring (bicyclic) bond motifs is 2. The Hall–Kier alpha value is -5.69. The molecule has 0 aromatic heterocycles. The molecule has 5 aromatic carbocycles. The summed E-state index contributed by atoms with van der Waals surface area (Å²) in [5.41, 5.74) is 4.41. The van der Waals surface area contributed by atoms with Gasteiger partial charge in [-0.05, 0) is 48.8 Å². The number of hydrogen-bond donors (Lipinski definition) is 0. The minimum atomic E-state index is -0.974. The van der Waals surface area contributed by atoms with Crippen LogP contribution in [-0.2, 0) is 12.0 Å². The first-order valence-corrected chi connectivity index (χ1v) is 15.1. The van der Waals surface area contributed by atoms with Crippen molar-refractivity contribution in [1.82, 2.24) is 0 Å². The first-order chi connectivity index (χ1) is 22.2. The lowest BCUT2D eigenvalue weighted by Crippen LogP contribution is -2.59. The third-order valence-corrected chi connectivity index (χ3v) is 9.21. The van der Waals surface area contributed by atoms with Gasteiger partial charge in [0.1, 0.15) is 5.75 Å². The third kappa shape index (κ3) is 4.46. The number of nitrogens with zero attached hydrogens (tertiary/aromatic N) is 2. The largest absolute Gasteiger partial charge is 0.490 e. The number of carbonyl (C=O) groups is 1. The first kappa shape index (κ1) is 29.0. The van der Waals surface area contributed by atoms with Gasteiger partial charge in [-0.1, -0.05) is 103 Å². The highest BCUT2D eigenvalue weighted by Crippen LogP contribution is 2.58. The Labute approximate surface area is 267 Å². The Morgan fingerprint density at radius 3 is 2.17 bits per heavy atom. The van der Waals surface area contributed by atoms with Gasteiger partial charge in [0, 0.05) is 35.0 Å². The van der Waals surface area contributed by atoms with E-state index in [4.69, 9.17) is 9.47 Å². The molecule has 0 saturated heterocycles. The molecule has 0 radical (unpaired) electrons. The zero-order valence-corrected chi connectivity index (χ0v) is 25.8. The van der Waals surface area contributed by atoms with Crippen LogP contribution >= 0.6 is 0 Å². The van der Waals surface area contributed by atoms with Gasteiger partial charge in [0.2, 0.25) is 11.5 Å². The fraction of sp³-hybridized carbons (Fsp3) is 0.154. The van der Waals surface area contributed by atoms with E-state index in [-0.39, 0.29) is 17.2 Å². The maximum Gasteiger partial charge on any atom is 0.312 e. The first-order valence-electron chi connectivity index (χ1n) is 15.1. The number of para-hydroxylation sites is 1. The minimum absolute atomic E-state index is 0.0965. The van der Waals surface area contributed by atoms with Crippen molar-refractivity contribution in [1.29, 1.82) is 0 Å². The van der Waals surface area contributed by atoms with Crippen molar-refractivity contribution < 1.29 is 19.2 Å². The van der Waals surface area contributed by atoms with E-state index in [1.165, 1.54) is 13.2 Å². The van der Waals surface area contributed by atoms with Crippen molar-refractivity contribution in [2.24, 2.45) is 0 Å². The highest BCUT2D eigenvalue weighted by Gasteiger charge is 2.59. The van der Waals surface area contributed by atoms with E-state index >= 15 is 0 Å². The molecule has 2 aliphatic heterocycles. The van der Waals surface area contributed by atoms with Crippen molar-refractivity contribution in [3.63, 3.8) is 0 Å². The van der Waals surface area contributed by atoms with Crippen LogP contribution < -0.4 is 14.4 Å². The molecule has 1 unspecified atom stereocenters. The Kier molecular flexibility index (Phi) is 6.97. The Morgan fingerprint density at radius 1 is 0.870 bits per heavy atom. The third-order valence-electron chi connectivity index (χ3n) is 9.21. The molecule has 0 saturated carbocycles. The van der Waals surface area contributed by atoms with Crippen LogP contribution in [-0.4, -0.2) is 23.5 Å². The van der Waals surface area contributed by atoms with Gasteiger partial charge in [0.05, 0.1) is 23.0 Å². The molecule has 2 aliphatic rings. The number of methoxy groups -OCH3 is 1. The topological polar surface area (TPSA) is 81.9 Å². The van der Waals surface area contributed by atoms with Crippen LogP contribution in [0.3, 0.4) is 0 Å². The highest BCUT2D eigenvalue weighted by atomic mass is 16.6. The number of nitro benzene ring substituents is 1. The molecule has 2 heterocycles. The standard InChI is InChI=1S/C39H32N2O5/c1-38(2)31-16-10-11-17-32(31)40(25-26-12-6-4-7-13-26)39(38)23-22-30-24-33(41(43)44)37(45-3)34(36(30)46-39)27-18-20-29(21-19-27)35(42)28-14-8-5-9-15-28/h4-24H,25H2,1-3H3. The molecule has 1 atom stereocenters. The van der Waals surface area contributed by atoms with Gasteiger partial charge in [-0.15, -0.1) is 0 Å². The number of benzene rings is 5. The fourth-order valence-electron chi connectivity index (χ4n) is 6.83. The molecule has 0 aliphatic carbocycles. The second-order valence-corrected chi connectivity index (χ2v) is 12.1. The zero-order valence-electron chi connectivity index (χ0n) is 25.8. The fourth-order valence-corrected chi connectivity index (χ4v) is 6.83. The van der Waals surface area contributed by atoms with Gasteiger partial charge >= 0.3 is 5.69 Å². The monoisotopic (exact) mass is 608 g/mol. The van der Waals surface area contributed by atoms with E-state index < -0.39 is 16.1 Å². The Bertz CT molecular complexity index is 2000. The van der Waals surface area contributed by atoms with Gasteiger partial charge in [0.15, 0.2) is 5.78 Å². The van der Waals surface area contributed by atoms with Crippen molar-refractivity contribution in [2.45, 2.75) is 31.5 Å². The summed E-state index contributed by atoms with van der Waals surface area (Å²) in [6.45, 7) is 4.91. The van der Waals surface area contributed by atoms with Gasteiger partial charge < -0.3 is 14.4 Å². The lowest BCUT2D eigenvalue weighted by Gasteiger charge is -2.47.